The average molecular weight is 408 g/mol. The number of anilines is 2. The molecule has 0 spiro atoms. The summed E-state index contributed by atoms with van der Waals surface area (Å²) in [7, 11) is 0. The van der Waals surface area contributed by atoms with Crippen LogP contribution in [0.25, 0.3) is 0 Å². The third kappa shape index (κ3) is 3.74. The van der Waals surface area contributed by atoms with Crippen LogP contribution in [0.1, 0.15) is 35.3 Å². The van der Waals surface area contributed by atoms with E-state index in [0.717, 1.165) is 47.4 Å². The van der Waals surface area contributed by atoms with Gasteiger partial charge < -0.3 is 5.32 Å². The molecule has 29 heavy (non-hydrogen) atoms. The maximum atomic E-state index is 12.6. The lowest BCUT2D eigenvalue weighted by Crippen LogP contribution is -2.39. The van der Waals surface area contributed by atoms with Gasteiger partial charge >= 0.3 is 6.03 Å². The van der Waals surface area contributed by atoms with Crippen LogP contribution in [-0.4, -0.2) is 35.8 Å². The number of imide groups is 1. The van der Waals surface area contributed by atoms with Gasteiger partial charge in [-0.2, -0.15) is 5.26 Å². The normalized spacial score (nSPS) is 16.4. The number of para-hydroxylation sites is 1. The molecule has 0 bridgehead atoms. The van der Waals surface area contributed by atoms with Crippen molar-refractivity contribution in [1.82, 2.24) is 4.90 Å². The van der Waals surface area contributed by atoms with Gasteiger partial charge in [-0.3, -0.25) is 19.4 Å². The quantitative estimate of drug-likeness (QED) is 0.620. The Labute approximate surface area is 172 Å². The standard InChI is InChI=1S/C21H20N4O3S/c22-11-16-15-9-5-2-6-10-17(15)29-20(16)23-18(26)12-25-19(27)13-24(21(25)28)14-7-3-1-4-8-14/h1,3-4,7-8H,2,5-6,9-10,12-13H2,(H,23,26). The van der Waals surface area contributed by atoms with Gasteiger partial charge in [0.1, 0.15) is 24.2 Å². The molecule has 4 rings (SSSR count). The summed E-state index contributed by atoms with van der Waals surface area (Å²) in [6.45, 7) is -0.457. The molecular formula is C21H20N4O3S. The number of hydrogen-bond acceptors (Lipinski definition) is 5. The van der Waals surface area contributed by atoms with Crippen LogP contribution in [0.3, 0.4) is 0 Å². The number of aryl methyl sites for hydroxylation is 1. The zero-order chi connectivity index (χ0) is 20.4. The van der Waals surface area contributed by atoms with Crippen LogP contribution in [0.4, 0.5) is 15.5 Å². The Morgan fingerprint density at radius 2 is 1.90 bits per heavy atom. The molecule has 7 nitrogen and oxygen atoms in total. The third-order valence-electron chi connectivity index (χ3n) is 5.21. The number of nitriles is 1. The first-order valence-electron chi connectivity index (χ1n) is 9.60. The molecule has 1 aromatic heterocycles. The predicted octanol–water partition coefficient (Wildman–Crippen LogP) is 3.30. The molecular weight excluding hydrogens is 388 g/mol. The van der Waals surface area contributed by atoms with E-state index in [9.17, 15) is 19.6 Å². The number of thiophene rings is 1. The number of urea groups is 1. The van der Waals surface area contributed by atoms with Gasteiger partial charge in [0.05, 0.1) is 5.56 Å². The number of nitrogens with zero attached hydrogens (tertiary/aromatic N) is 3. The SMILES string of the molecule is N#Cc1c(NC(=O)CN2C(=O)CN(c3ccccc3)C2=O)sc2c1CCCCC2. The lowest BCUT2D eigenvalue weighted by molar-refractivity contribution is -0.128. The van der Waals surface area contributed by atoms with E-state index in [0.29, 0.717) is 16.3 Å². The van der Waals surface area contributed by atoms with Gasteiger partial charge in [0.2, 0.25) is 5.91 Å². The smallest absolute Gasteiger partial charge is 0.315 e. The van der Waals surface area contributed by atoms with Crippen LogP contribution in [-0.2, 0) is 22.4 Å². The zero-order valence-corrected chi connectivity index (χ0v) is 16.6. The first-order chi connectivity index (χ1) is 14.1. The van der Waals surface area contributed by atoms with Crippen molar-refractivity contribution in [2.75, 3.05) is 23.3 Å². The fourth-order valence-electron chi connectivity index (χ4n) is 3.76. The van der Waals surface area contributed by atoms with Gasteiger partial charge in [-0.05, 0) is 43.4 Å². The maximum Gasteiger partial charge on any atom is 0.332 e. The molecule has 4 amide bonds. The van der Waals surface area contributed by atoms with Crippen molar-refractivity contribution in [1.29, 1.82) is 5.26 Å². The number of fused-ring (bicyclic) bond motifs is 1. The molecule has 8 heteroatoms. The van der Waals surface area contributed by atoms with Crippen molar-refractivity contribution in [2.24, 2.45) is 0 Å². The Balaban J connectivity index is 1.47. The Kier molecular flexibility index (Phi) is 5.32. The highest BCUT2D eigenvalue weighted by molar-refractivity contribution is 7.16. The summed E-state index contributed by atoms with van der Waals surface area (Å²) in [5.41, 5.74) is 2.17. The topological polar surface area (TPSA) is 93.5 Å². The van der Waals surface area contributed by atoms with Gasteiger partial charge in [-0.15, -0.1) is 11.3 Å². The summed E-state index contributed by atoms with van der Waals surface area (Å²) >= 11 is 1.43. The van der Waals surface area contributed by atoms with Crippen molar-refractivity contribution in [3.8, 4) is 6.07 Å². The van der Waals surface area contributed by atoms with E-state index in [2.05, 4.69) is 11.4 Å². The van der Waals surface area contributed by atoms with Crippen molar-refractivity contribution < 1.29 is 14.4 Å². The predicted molar refractivity (Wildman–Crippen MR) is 110 cm³/mol. The number of benzene rings is 1. The maximum absolute atomic E-state index is 12.6. The second-order valence-electron chi connectivity index (χ2n) is 7.11. The third-order valence-corrected chi connectivity index (χ3v) is 6.42. The van der Waals surface area contributed by atoms with E-state index in [1.807, 2.05) is 6.07 Å². The van der Waals surface area contributed by atoms with Gasteiger partial charge in [-0.1, -0.05) is 24.6 Å². The Morgan fingerprint density at radius 3 is 2.66 bits per heavy atom. The summed E-state index contributed by atoms with van der Waals surface area (Å²) in [6, 6.07) is 10.6. The molecule has 2 aromatic rings. The van der Waals surface area contributed by atoms with Crippen molar-refractivity contribution in [3.63, 3.8) is 0 Å². The summed E-state index contributed by atoms with van der Waals surface area (Å²) in [4.78, 5) is 41.0. The second-order valence-corrected chi connectivity index (χ2v) is 8.22. The first kappa shape index (κ1) is 19.2. The molecule has 0 radical (unpaired) electrons. The molecule has 1 N–H and O–H groups in total. The first-order valence-corrected chi connectivity index (χ1v) is 10.4. The average Bonchev–Trinajstić information content (AvgIpc) is 3.07. The molecule has 0 saturated carbocycles. The zero-order valence-electron chi connectivity index (χ0n) is 15.8. The van der Waals surface area contributed by atoms with Crippen LogP contribution < -0.4 is 10.2 Å². The number of carbonyl (C=O) groups is 3. The van der Waals surface area contributed by atoms with Crippen LogP contribution >= 0.6 is 11.3 Å². The second kappa shape index (κ2) is 8.05. The highest BCUT2D eigenvalue weighted by Crippen LogP contribution is 2.37. The van der Waals surface area contributed by atoms with E-state index >= 15 is 0 Å². The molecule has 2 aliphatic rings. The van der Waals surface area contributed by atoms with E-state index in [1.165, 1.54) is 16.2 Å². The van der Waals surface area contributed by atoms with Crippen molar-refractivity contribution in [3.05, 3.63) is 46.3 Å². The largest absolute Gasteiger partial charge is 0.332 e. The van der Waals surface area contributed by atoms with Crippen LogP contribution in [0, 0.1) is 11.3 Å². The van der Waals surface area contributed by atoms with E-state index < -0.39 is 17.8 Å². The molecule has 0 unspecified atom stereocenters. The minimum atomic E-state index is -0.515. The molecule has 148 valence electrons. The molecule has 1 saturated heterocycles. The molecule has 1 aliphatic heterocycles. The summed E-state index contributed by atoms with van der Waals surface area (Å²) < 4.78 is 0. The van der Waals surface area contributed by atoms with E-state index in [1.54, 1.807) is 24.3 Å². The van der Waals surface area contributed by atoms with E-state index in [4.69, 9.17) is 0 Å². The van der Waals surface area contributed by atoms with Gasteiger partial charge in [0.25, 0.3) is 5.91 Å². The minimum absolute atomic E-state index is 0.0904. The highest BCUT2D eigenvalue weighted by atomic mass is 32.1. The van der Waals surface area contributed by atoms with Gasteiger partial charge in [0.15, 0.2) is 0 Å². The Morgan fingerprint density at radius 1 is 1.14 bits per heavy atom. The lowest BCUT2D eigenvalue weighted by atomic mass is 10.1. The van der Waals surface area contributed by atoms with Gasteiger partial charge in [0, 0.05) is 10.6 Å². The Hall–Kier alpha value is -3.18. The molecule has 1 fully saturated rings. The fraction of sp³-hybridized carbons (Fsp3) is 0.333. The summed E-state index contributed by atoms with van der Waals surface area (Å²) in [5, 5.41) is 12.8. The lowest BCUT2D eigenvalue weighted by Gasteiger charge is -2.16. The molecule has 0 atom stereocenters. The Bertz CT molecular complexity index is 1010. The van der Waals surface area contributed by atoms with Crippen LogP contribution in [0.2, 0.25) is 0 Å². The summed E-state index contributed by atoms with van der Waals surface area (Å²) in [6.07, 6.45) is 5.03. The summed E-state index contributed by atoms with van der Waals surface area (Å²) in [5.74, 6) is -0.897. The van der Waals surface area contributed by atoms with Gasteiger partial charge in [-0.25, -0.2) is 4.79 Å². The van der Waals surface area contributed by atoms with Crippen molar-refractivity contribution >= 4 is 39.9 Å². The fourth-order valence-corrected chi connectivity index (χ4v) is 5.02. The molecule has 2 heterocycles. The highest BCUT2D eigenvalue weighted by Gasteiger charge is 2.38. The monoisotopic (exact) mass is 408 g/mol. The number of rotatable bonds is 4. The minimum Gasteiger partial charge on any atom is -0.315 e. The number of hydrogen-bond donors (Lipinski definition) is 1. The van der Waals surface area contributed by atoms with Crippen molar-refractivity contribution in [2.45, 2.75) is 32.1 Å². The number of carbonyl (C=O) groups excluding carboxylic acids is 3. The van der Waals surface area contributed by atoms with E-state index in [-0.39, 0.29) is 13.1 Å². The number of nitrogens with one attached hydrogen (secondary N) is 1. The van der Waals surface area contributed by atoms with Crippen LogP contribution in [0.15, 0.2) is 30.3 Å². The molecule has 1 aliphatic carbocycles. The number of amides is 4. The van der Waals surface area contributed by atoms with Crippen LogP contribution in [0.5, 0.6) is 0 Å². The molecule has 1 aromatic carbocycles.